The Kier molecular flexibility index (Phi) is 6.29. The van der Waals surface area contributed by atoms with E-state index in [0.29, 0.717) is 35.7 Å². The van der Waals surface area contributed by atoms with Crippen LogP contribution in [0.25, 0.3) is 22.2 Å². The number of ether oxygens (including phenoxy) is 1. The zero-order valence-corrected chi connectivity index (χ0v) is 18.0. The van der Waals surface area contributed by atoms with Crippen LogP contribution in [-0.4, -0.2) is 38.6 Å². The quantitative estimate of drug-likeness (QED) is 0.309. The minimum Gasteiger partial charge on any atom is -0.385 e. The first-order chi connectivity index (χ1) is 14.2. The van der Waals surface area contributed by atoms with E-state index in [-0.39, 0.29) is 0 Å². The number of halogens is 1. The smallest absolute Gasteiger partial charge is 0.258 e. The molecule has 0 aliphatic carbocycles. The monoisotopic (exact) mass is 447 g/mol. The summed E-state index contributed by atoms with van der Waals surface area (Å²) in [6.07, 6.45) is 0.820. The first kappa shape index (κ1) is 20.1. The third-order valence-corrected chi connectivity index (χ3v) is 5.82. The second-order valence-corrected chi connectivity index (χ2v) is 8.13. The van der Waals surface area contributed by atoms with Crippen LogP contribution in [-0.2, 0) is 11.3 Å². The average Bonchev–Trinajstić information content (AvgIpc) is 3.47. The Morgan fingerprint density at radius 3 is 2.93 bits per heavy atom. The van der Waals surface area contributed by atoms with Crippen LogP contribution in [0.1, 0.15) is 23.3 Å². The van der Waals surface area contributed by atoms with Gasteiger partial charge < -0.3 is 13.8 Å². The van der Waals surface area contributed by atoms with E-state index in [9.17, 15) is 0 Å². The molecule has 4 rings (SSSR count). The standard InChI is InChI=1S/C19H18ClN5O2S2/c1-26-9-4-8-25-17(14-7-3-10-29-14)22-23-18(25)15(28)16-21-19(27-24-16)12-5-2-6-13(20)11-12/h2-3,5-7,10-11,15,28H,4,8-9H2,1H3. The largest absolute Gasteiger partial charge is 0.385 e. The van der Waals surface area contributed by atoms with Gasteiger partial charge in [0.15, 0.2) is 17.5 Å². The van der Waals surface area contributed by atoms with Gasteiger partial charge in [0, 0.05) is 30.8 Å². The van der Waals surface area contributed by atoms with Gasteiger partial charge in [0.1, 0.15) is 5.25 Å². The fourth-order valence-corrected chi connectivity index (χ4v) is 4.10. The van der Waals surface area contributed by atoms with E-state index in [0.717, 1.165) is 22.7 Å². The molecule has 7 nitrogen and oxygen atoms in total. The Morgan fingerprint density at radius 1 is 1.28 bits per heavy atom. The minimum atomic E-state index is -0.490. The molecule has 3 heterocycles. The number of aromatic nitrogens is 5. The molecule has 1 unspecified atom stereocenters. The summed E-state index contributed by atoms with van der Waals surface area (Å²) in [5, 5.41) is 15.0. The van der Waals surface area contributed by atoms with E-state index in [4.69, 9.17) is 33.5 Å². The molecule has 0 amide bonds. The topological polar surface area (TPSA) is 78.9 Å². The number of benzene rings is 1. The third kappa shape index (κ3) is 4.37. The van der Waals surface area contributed by atoms with E-state index >= 15 is 0 Å². The number of nitrogens with zero attached hydrogens (tertiary/aromatic N) is 5. The van der Waals surface area contributed by atoms with Crippen molar-refractivity contribution in [1.29, 1.82) is 0 Å². The SMILES string of the molecule is COCCCn1c(-c2cccs2)nnc1C(S)c1noc(-c2cccc(Cl)c2)n1. The summed E-state index contributed by atoms with van der Waals surface area (Å²) in [5.74, 6) is 2.25. The Hall–Kier alpha value is -2.20. The lowest BCUT2D eigenvalue weighted by molar-refractivity contribution is 0.190. The van der Waals surface area contributed by atoms with Crippen molar-refractivity contribution >= 4 is 35.6 Å². The Bertz CT molecular complexity index is 1080. The van der Waals surface area contributed by atoms with Crippen LogP contribution in [0.4, 0.5) is 0 Å². The van der Waals surface area contributed by atoms with Crippen molar-refractivity contribution in [2.24, 2.45) is 0 Å². The van der Waals surface area contributed by atoms with E-state index in [1.54, 1.807) is 30.6 Å². The average molecular weight is 448 g/mol. The van der Waals surface area contributed by atoms with E-state index in [2.05, 4.69) is 20.3 Å². The van der Waals surface area contributed by atoms with Gasteiger partial charge in [0.2, 0.25) is 0 Å². The molecular weight excluding hydrogens is 430 g/mol. The molecular formula is C19H18ClN5O2S2. The molecule has 0 aliphatic heterocycles. The summed E-state index contributed by atoms with van der Waals surface area (Å²) < 4.78 is 12.7. The van der Waals surface area contributed by atoms with Crippen LogP contribution in [0.5, 0.6) is 0 Å². The van der Waals surface area contributed by atoms with Crippen LogP contribution in [0.15, 0.2) is 46.3 Å². The Morgan fingerprint density at radius 2 is 2.17 bits per heavy atom. The number of thiol groups is 1. The number of hydrogen-bond acceptors (Lipinski definition) is 8. The highest BCUT2D eigenvalue weighted by Gasteiger charge is 2.25. The molecule has 10 heteroatoms. The fraction of sp³-hybridized carbons (Fsp3) is 0.263. The maximum Gasteiger partial charge on any atom is 0.258 e. The van der Waals surface area contributed by atoms with Gasteiger partial charge in [-0.2, -0.15) is 17.6 Å². The minimum absolute atomic E-state index is 0.380. The van der Waals surface area contributed by atoms with Crippen molar-refractivity contribution in [1.82, 2.24) is 24.9 Å². The highest BCUT2D eigenvalue weighted by atomic mass is 35.5. The summed E-state index contributed by atoms with van der Waals surface area (Å²) in [5.41, 5.74) is 0.748. The van der Waals surface area contributed by atoms with Crippen molar-refractivity contribution in [3.8, 4) is 22.2 Å². The number of rotatable bonds is 8. The van der Waals surface area contributed by atoms with Crippen molar-refractivity contribution in [2.75, 3.05) is 13.7 Å². The zero-order chi connectivity index (χ0) is 20.2. The van der Waals surface area contributed by atoms with Gasteiger partial charge in [-0.3, -0.25) is 0 Å². The zero-order valence-electron chi connectivity index (χ0n) is 15.5. The van der Waals surface area contributed by atoms with Crippen LogP contribution in [0.2, 0.25) is 5.02 Å². The van der Waals surface area contributed by atoms with Gasteiger partial charge in [-0.05, 0) is 36.1 Å². The van der Waals surface area contributed by atoms with Gasteiger partial charge in [-0.15, -0.1) is 21.5 Å². The molecule has 0 saturated heterocycles. The summed E-state index contributed by atoms with van der Waals surface area (Å²) in [6.45, 7) is 1.33. The predicted octanol–water partition coefficient (Wildman–Crippen LogP) is 4.77. The first-order valence-corrected chi connectivity index (χ1v) is 10.7. The van der Waals surface area contributed by atoms with Crippen molar-refractivity contribution in [2.45, 2.75) is 18.2 Å². The molecule has 0 aliphatic rings. The highest BCUT2D eigenvalue weighted by molar-refractivity contribution is 7.80. The van der Waals surface area contributed by atoms with Gasteiger partial charge >= 0.3 is 0 Å². The molecule has 4 aromatic rings. The summed E-state index contributed by atoms with van der Waals surface area (Å²) >= 11 is 12.4. The van der Waals surface area contributed by atoms with Gasteiger partial charge in [0.25, 0.3) is 5.89 Å². The Balaban J connectivity index is 1.65. The maximum atomic E-state index is 6.06. The van der Waals surface area contributed by atoms with Crippen LogP contribution in [0.3, 0.4) is 0 Å². The lowest BCUT2D eigenvalue weighted by atomic mass is 10.2. The summed E-state index contributed by atoms with van der Waals surface area (Å²) in [4.78, 5) is 5.53. The van der Waals surface area contributed by atoms with E-state index < -0.39 is 5.25 Å². The van der Waals surface area contributed by atoms with Gasteiger partial charge in [0.05, 0.1) is 4.88 Å². The van der Waals surface area contributed by atoms with E-state index in [1.165, 1.54) is 0 Å². The maximum absolute atomic E-state index is 6.06. The van der Waals surface area contributed by atoms with Crippen LogP contribution >= 0.6 is 35.6 Å². The van der Waals surface area contributed by atoms with Crippen molar-refractivity contribution < 1.29 is 9.26 Å². The molecule has 0 N–H and O–H groups in total. The van der Waals surface area contributed by atoms with Crippen LogP contribution < -0.4 is 0 Å². The molecule has 150 valence electrons. The number of methoxy groups -OCH3 is 1. The lowest BCUT2D eigenvalue weighted by Crippen LogP contribution is -2.10. The summed E-state index contributed by atoms with van der Waals surface area (Å²) in [7, 11) is 1.69. The lowest BCUT2D eigenvalue weighted by Gasteiger charge is -2.11. The second-order valence-electron chi connectivity index (χ2n) is 6.23. The van der Waals surface area contributed by atoms with Crippen molar-refractivity contribution in [3.63, 3.8) is 0 Å². The van der Waals surface area contributed by atoms with Crippen LogP contribution in [0, 0.1) is 0 Å². The molecule has 0 saturated carbocycles. The van der Waals surface area contributed by atoms with Gasteiger partial charge in [-0.25, -0.2) is 0 Å². The normalized spacial score (nSPS) is 12.4. The molecule has 0 radical (unpaired) electrons. The highest BCUT2D eigenvalue weighted by Crippen LogP contribution is 2.31. The predicted molar refractivity (Wildman–Crippen MR) is 115 cm³/mol. The molecule has 1 atom stereocenters. The second kappa shape index (κ2) is 9.08. The number of thiophene rings is 1. The first-order valence-electron chi connectivity index (χ1n) is 8.91. The Labute approximate surface area is 182 Å². The van der Waals surface area contributed by atoms with Crippen molar-refractivity contribution in [3.05, 3.63) is 58.4 Å². The molecule has 29 heavy (non-hydrogen) atoms. The molecule has 0 bridgehead atoms. The van der Waals surface area contributed by atoms with Gasteiger partial charge in [-0.1, -0.05) is 28.9 Å². The fourth-order valence-electron chi connectivity index (χ4n) is 2.89. The summed E-state index contributed by atoms with van der Waals surface area (Å²) in [6, 6.07) is 11.3. The molecule has 0 fully saturated rings. The van der Waals surface area contributed by atoms with E-state index in [1.807, 2.05) is 34.2 Å². The molecule has 1 aromatic carbocycles. The third-order valence-electron chi connectivity index (χ3n) is 4.25. The molecule has 0 spiro atoms. The molecule has 3 aromatic heterocycles. The number of hydrogen-bond donors (Lipinski definition) is 1.